The second-order valence-electron chi connectivity index (χ2n) is 20.1. The average molecular weight is 885 g/mol. The predicted molar refractivity (Wildman–Crippen MR) is 283 cm³/mol. The molecule has 0 aliphatic carbocycles. The van der Waals surface area contributed by atoms with Crippen LogP contribution in [0.15, 0.2) is 219 Å². The molecule has 68 heavy (non-hydrogen) atoms. The van der Waals surface area contributed by atoms with E-state index in [-0.39, 0.29) is 10.8 Å². The van der Waals surface area contributed by atoms with Crippen LogP contribution >= 0.6 is 0 Å². The van der Waals surface area contributed by atoms with Gasteiger partial charge >= 0.3 is 0 Å². The minimum absolute atomic E-state index is 0.0114. The first-order chi connectivity index (χ1) is 33.0. The fourth-order valence-electron chi connectivity index (χ4n) is 10.2. The van der Waals surface area contributed by atoms with Crippen molar-refractivity contribution in [2.75, 3.05) is 16.5 Å². The Kier molecular flexibility index (Phi) is 10.5. The Labute approximate surface area is 400 Å². The van der Waals surface area contributed by atoms with E-state index >= 15 is 0 Å². The van der Waals surface area contributed by atoms with Crippen LogP contribution in [0.5, 0.6) is 11.5 Å². The molecule has 0 spiro atoms. The lowest BCUT2D eigenvalue weighted by molar-refractivity contribution is 0.483. The Morgan fingerprint density at radius 1 is 0.397 bits per heavy atom. The average Bonchev–Trinajstić information content (AvgIpc) is 3.91. The van der Waals surface area contributed by atoms with Crippen LogP contribution in [0.1, 0.15) is 74.9 Å². The molecule has 11 rings (SSSR count). The molecule has 0 saturated heterocycles. The number of benzene rings is 8. The van der Waals surface area contributed by atoms with E-state index in [0.29, 0.717) is 6.67 Å². The Morgan fingerprint density at radius 2 is 0.926 bits per heavy atom. The summed E-state index contributed by atoms with van der Waals surface area (Å²) >= 11 is 0. The molecule has 334 valence electrons. The third kappa shape index (κ3) is 7.49. The SMILES string of the molecule is CC(C)(C)c1cc(N2CN(c3cccc(Oc4ccc5c6ccccc6n(-c6cc(C(c7ccccc7)(c7ccccc7)c7ccccc7)ccn6)c5c4)c3)c3ccccc32)cc(C(C)(C)C)c1. The molecule has 0 unspecified atom stereocenters. The van der Waals surface area contributed by atoms with E-state index in [2.05, 4.69) is 262 Å². The van der Waals surface area contributed by atoms with E-state index in [1.54, 1.807) is 0 Å². The van der Waals surface area contributed by atoms with Crippen LogP contribution in [0.4, 0.5) is 22.7 Å². The zero-order chi connectivity index (χ0) is 46.6. The maximum atomic E-state index is 6.86. The number of para-hydroxylation sites is 3. The van der Waals surface area contributed by atoms with Gasteiger partial charge in [-0.2, -0.15) is 0 Å². The van der Waals surface area contributed by atoms with Gasteiger partial charge in [0.15, 0.2) is 0 Å². The van der Waals surface area contributed by atoms with Crippen molar-refractivity contribution in [3.8, 4) is 17.3 Å². The number of fused-ring (bicyclic) bond motifs is 4. The van der Waals surface area contributed by atoms with Gasteiger partial charge in [0, 0.05) is 40.5 Å². The minimum atomic E-state index is -0.613. The van der Waals surface area contributed by atoms with Crippen molar-refractivity contribution < 1.29 is 4.74 Å². The van der Waals surface area contributed by atoms with Crippen molar-refractivity contribution in [3.05, 3.63) is 252 Å². The monoisotopic (exact) mass is 884 g/mol. The van der Waals surface area contributed by atoms with Crippen LogP contribution in [0, 0.1) is 0 Å². The number of anilines is 4. The maximum Gasteiger partial charge on any atom is 0.137 e. The van der Waals surface area contributed by atoms with Gasteiger partial charge in [0.2, 0.25) is 0 Å². The summed E-state index contributed by atoms with van der Waals surface area (Å²) in [5.74, 6) is 2.35. The molecule has 5 heteroatoms. The van der Waals surface area contributed by atoms with Crippen LogP contribution in [0.3, 0.4) is 0 Å². The standard InChI is InChI=1S/C63H56N4O/c1-61(2,3)48-37-49(62(4,5)6)39-51(38-48)66-43-65(57-31-18-19-32-58(57)66)50-27-20-28-52(41-50)68-53-33-34-55-54-29-16-17-30-56(54)67(59(55)42-53)60-40-47(35-36-64-60)63(44-21-10-7-11-22-44,45-23-12-8-13-24-45)46-25-14-9-15-26-46/h7-42H,43H2,1-6H3. The molecule has 0 N–H and O–H groups in total. The molecule has 1 aliphatic rings. The zero-order valence-corrected chi connectivity index (χ0v) is 39.7. The van der Waals surface area contributed by atoms with Gasteiger partial charge in [-0.05, 0) is 111 Å². The fraction of sp³-hybridized carbons (Fsp3) is 0.159. The second-order valence-corrected chi connectivity index (χ2v) is 20.1. The van der Waals surface area contributed by atoms with Crippen molar-refractivity contribution in [1.29, 1.82) is 0 Å². The Hall–Kier alpha value is -7.89. The highest BCUT2D eigenvalue weighted by Crippen LogP contribution is 2.48. The largest absolute Gasteiger partial charge is 0.457 e. The van der Waals surface area contributed by atoms with E-state index in [1.807, 2.05) is 12.3 Å². The van der Waals surface area contributed by atoms with E-state index in [0.717, 1.165) is 50.4 Å². The summed E-state index contributed by atoms with van der Waals surface area (Å²) in [5.41, 5.74) is 13.5. The lowest BCUT2D eigenvalue weighted by atomic mass is 9.65. The molecule has 0 fully saturated rings. The number of rotatable bonds is 9. The predicted octanol–water partition coefficient (Wildman–Crippen LogP) is 16.2. The Morgan fingerprint density at radius 3 is 1.53 bits per heavy atom. The molecule has 0 bridgehead atoms. The number of hydrogen-bond acceptors (Lipinski definition) is 4. The summed E-state index contributed by atoms with van der Waals surface area (Å²) in [7, 11) is 0. The van der Waals surface area contributed by atoms with Crippen LogP contribution in [0.25, 0.3) is 27.6 Å². The van der Waals surface area contributed by atoms with Gasteiger partial charge in [0.1, 0.15) is 24.0 Å². The molecule has 5 nitrogen and oxygen atoms in total. The lowest BCUT2D eigenvalue weighted by Gasteiger charge is -2.37. The molecule has 0 saturated carbocycles. The van der Waals surface area contributed by atoms with Gasteiger partial charge in [0.05, 0.1) is 27.8 Å². The Balaban J connectivity index is 0.985. The van der Waals surface area contributed by atoms with Gasteiger partial charge in [-0.15, -0.1) is 0 Å². The fourth-order valence-corrected chi connectivity index (χ4v) is 10.2. The van der Waals surface area contributed by atoms with E-state index in [4.69, 9.17) is 9.72 Å². The van der Waals surface area contributed by atoms with Gasteiger partial charge < -0.3 is 14.5 Å². The molecule has 10 aromatic rings. The summed E-state index contributed by atoms with van der Waals surface area (Å²) in [5, 5.41) is 2.29. The molecule has 8 aromatic carbocycles. The number of hydrogen-bond donors (Lipinski definition) is 0. The highest BCUT2D eigenvalue weighted by atomic mass is 16.5. The number of nitrogens with zero attached hydrogens (tertiary/aromatic N) is 4. The molecule has 0 radical (unpaired) electrons. The van der Waals surface area contributed by atoms with Gasteiger partial charge in [-0.1, -0.05) is 175 Å². The first-order valence-electron chi connectivity index (χ1n) is 23.7. The molecule has 1 aliphatic heterocycles. The molecule has 2 aromatic heterocycles. The number of aromatic nitrogens is 2. The van der Waals surface area contributed by atoms with Crippen molar-refractivity contribution in [1.82, 2.24) is 9.55 Å². The van der Waals surface area contributed by atoms with E-state index in [9.17, 15) is 0 Å². The maximum absolute atomic E-state index is 6.86. The first-order valence-corrected chi connectivity index (χ1v) is 23.7. The molecule has 0 amide bonds. The highest BCUT2D eigenvalue weighted by Gasteiger charge is 2.39. The van der Waals surface area contributed by atoms with Crippen molar-refractivity contribution in [2.45, 2.75) is 57.8 Å². The summed E-state index contributed by atoms with van der Waals surface area (Å²) in [6, 6.07) is 76.4. The van der Waals surface area contributed by atoms with E-state index < -0.39 is 5.41 Å². The van der Waals surface area contributed by atoms with Gasteiger partial charge in [-0.25, -0.2) is 4.98 Å². The summed E-state index contributed by atoms with van der Waals surface area (Å²) in [4.78, 5) is 9.98. The summed E-state index contributed by atoms with van der Waals surface area (Å²) in [6.07, 6.45) is 1.96. The molecular formula is C63H56N4O. The number of ether oxygens (including phenoxy) is 1. The zero-order valence-electron chi connectivity index (χ0n) is 39.7. The smallest absolute Gasteiger partial charge is 0.137 e. The normalized spacial score (nSPS) is 13.0. The third-order valence-electron chi connectivity index (χ3n) is 13.7. The molecule has 3 heterocycles. The minimum Gasteiger partial charge on any atom is -0.457 e. The van der Waals surface area contributed by atoms with Crippen LogP contribution in [-0.2, 0) is 16.2 Å². The summed E-state index contributed by atoms with van der Waals surface area (Å²) < 4.78 is 9.15. The van der Waals surface area contributed by atoms with Crippen LogP contribution in [-0.4, -0.2) is 16.2 Å². The third-order valence-corrected chi connectivity index (χ3v) is 13.7. The first kappa shape index (κ1) is 42.7. The molecular weight excluding hydrogens is 829 g/mol. The van der Waals surface area contributed by atoms with Gasteiger partial charge in [0.25, 0.3) is 0 Å². The quantitative estimate of drug-likeness (QED) is 0.135. The Bertz CT molecular complexity index is 3310. The topological polar surface area (TPSA) is 33.5 Å². The van der Waals surface area contributed by atoms with Crippen LogP contribution < -0.4 is 14.5 Å². The van der Waals surface area contributed by atoms with Crippen molar-refractivity contribution in [2.24, 2.45) is 0 Å². The van der Waals surface area contributed by atoms with Gasteiger partial charge in [-0.3, -0.25) is 4.57 Å². The molecule has 0 atom stereocenters. The van der Waals surface area contributed by atoms with E-state index in [1.165, 1.54) is 44.9 Å². The van der Waals surface area contributed by atoms with Crippen molar-refractivity contribution in [3.63, 3.8) is 0 Å². The second kappa shape index (κ2) is 16.8. The highest BCUT2D eigenvalue weighted by molar-refractivity contribution is 6.09. The lowest BCUT2D eigenvalue weighted by Crippen LogP contribution is -2.31. The summed E-state index contributed by atoms with van der Waals surface area (Å²) in [6.45, 7) is 14.5. The van der Waals surface area contributed by atoms with Crippen LogP contribution in [0.2, 0.25) is 0 Å². The van der Waals surface area contributed by atoms with Crippen molar-refractivity contribution >= 4 is 44.6 Å². The number of pyridine rings is 1.